The van der Waals surface area contributed by atoms with Gasteiger partial charge in [0.2, 0.25) is 0 Å². The van der Waals surface area contributed by atoms with Crippen molar-refractivity contribution in [3.8, 4) is 5.75 Å². The van der Waals surface area contributed by atoms with Crippen molar-refractivity contribution in [1.29, 1.82) is 0 Å². The molecule has 0 amide bonds. The summed E-state index contributed by atoms with van der Waals surface area (Å²) < 4.78 is 5.51. The van der Waals surface area contributed by atoms with Gasteiger partial charge in [-0.15, -0.1) is 0 Å². The van der Waals surface area contributed by atoms with Crippen molar-refractivity contribution in [3.05, 3.63) is 29.8 Å². The van der Waals surface area contributed by atoms with Crippen molar-refractivity contribution in [1.82, 2.24) is 0 Å². The predicted molar refractivity (Wildman–Crippen MR) is 78.4 cm³/mol. The molecule has 0 atom stereocenters. The minimum absolute atomic E-state index is 0.0378. The Morgan fingerprint density at radius 2 is 1.62 bits per heavy atom. The Bertz CT molecular complexity index is 539. The molecule has 0 unspecified atom stereocenters. The molecule has 0 saturated heterocycles. The third kappa shape index (κ3) is 3.57. The maximum atomic E-state index is 12.4. The molecule has 4 heteroatoms. The molecule has 1 aliphatic rings. The summed E-state index contributed by atoms with van der Waals surface area (Å²) in [5.41, 5.74) is 0.382. The summed E-state index contributed by atoms with van der Waals surface area (Å²) in [6.07, 6.45) is 0.655. The number of carbonyl (C=O) groups excluding carboxylic acids is 3. The van der Waals surface area contributed by atoms with E-state index < -0.39 is 11.7 Å². The molecule has 2 rings (SSSR count). The third-order valence-electron chi connectivity index (χ3n) is 3.52. The highest BCUT2D eigenvalue weighted by Gasteiger charge is 2.38. The van der Waals surface area contributed by atoms with Crippen LogP contribution in [0, 0.1) is 11.8 Å². The summed E-state index contributed by atoms with van der Waals surface area (Å²) in [5.74, 6) is -1.32. The quantitative estimate of drug-likeness (QED) is 0.631. The van der Waals surface area contributed by atoms with Gasteiger partial charge in [-0.1, -0.05) is 6.92 Å². The molecule has 1 aromatic carbocycles. The van der Waals surface area contributed by atoms with E-state index >= 15 is 0 Å². The van der Waals surface area contributed by atoms with E-state index in [-0.39, 0.29) is 23.6 Å². The number of carbonyl (C=O) groups is 3. The van der Waals surface area contributed by atoms with Gasteiger partial charge in [0.25, 0.3) is 0 Å². The van der Waals surface area contributed by atoms with Gasteiger partial charge in [0.1, 0.15) is 11.7 Å². The second kappa shape index (κ2) is 6.20. The molecule has 0 aromatic heterocycles. The lowest BCUT2D eigenvalue weighted by atomic mass is 9.77. The van der Waals surface area contributed by atoms with Crippen LogP contribution in [0.4, 0.5) is 0 Å². The highest BCUT2D eigenvalue weighted by atomic mass is 16.5. The van der Waals surface area contributed by atoms with E-state index in [1.807, 2.05) is 20.8 Å². The topological polar surface area (TPSA) is 60.4 Å². The smallest absolute Gasteiger partial charge is 0.180 e. The average molecular weight is 288 g/mol. The fraction of sp³-hybridized carbons (Fsp3) is 0.471. The molecule has 0 aliphatic heterocycles. The molecule has 1 aromatic rings. The van der Waals surface area contributed by atoms with Crippen LogP contribution in [0.2, 0.25) is 0 Å². The Hall–Kier alpha value is -1.97. The average Bonchev–Trinajstić information content (AvgIpc) is 2.37. The number of ether oxygens (including phenoxy) is 1. The molecule has 4 nitrogen and oxygen atoms in total. The van der Waals surface area contributed by atoms with Crippen LogP contribution in [0.1, 0.15) is 44.0 Å². The van der Waals surface area contributed by atoms with E-state index in [4.69, 9.17) is 4.74 Å². The van der Waals surface area contributed by atoms with Crippen LogP contribution in [0.5, 0.6) is 5.75 Å². The molecule has 1 fully saturated rings. The third-order valence-corrected chi connectivity index (χ3v) is 3.52. The lowest BCUT2D eigenvalue weighted by Crippen LogP contribution is -2.38. The Balaban J connectivity index is 2.16. The molecule has 21 heavy (non-hydrogen) atoms. The first-order valence-electron chi connectivity index (χ1n) is 7.25. The Labute approximate surface area is 124 Å². The normalized spacial score (nSPS) is 22.5. The Kier molecular flexibility index (Phi) is 4.56. The van der Waals surface area contributed by atoms with Gasteiger partial charge >= 0.3 is 0 Å². The van der Waals surface area contributed by atoms with Crippen LogP contribution >= 0.6 is 0 Å². The van der Waals surface area contributed by atoms with Crippen LogP contribution in [0.25, 0.3) is 0 Å². The molecule has 1 saturated carbocycles. The van der Waals surface area contributed by atoms with Gasteiger partial charge in [-0.25, -0.2) is 0 Å². The van der Waals surface area contributed by atoms with Gasteiger partial charge in [0, 0.05) is 18.4 Å². The van der Waals surface area contributed by atoms with Crippen molar-refractivity contribution in [2.75, 3.05) is 0 Å². The molecule has 0 N–H and O–H groups in total. The first-order chi connectivity index (χ1) is 9.88. The minimum atomic E-state index is -1.11. The van der Waals surface area contributed by atoms with E-state index in [1.165, 1.54) is 0 Å². The van der Waals surface area contributed by atoms with Gasteiger partial charge in [0.05, 0.1) is 6.10 Å². The van der Waals surface area contributed by atoms with E-state index in [0.717, 1.165) is 0 Å². The standard InChI is InChI=1S/C17H20O4/c1-10(2)21-13-6-4-12(5-7-13)17(20)16-14(18)8-11(3)9-15(16)19/h4-7,10-11,16H,8-9H2,1-3H3. The second-order valence-electron chi connectivity index (χ2n) is 5.93. The SMILES string of the molecule is CC1CC(=O)C(C(=O)c2ccc(OC(C)C)cc2)C(=O)C1. The molecule has 1 aliphatic carbocycles. The predicted octanol–water partition coefficient (Wildman–Crippen LogP) is 2.84. The maximum Gasteiger partial charge on any atom is 0.180 e. The minimum Gasteiger partial charge on any atom is -0.491 e. The Morgan fingerprint density at radius 1 is 1.10 bits per heavy atom. The first-order valence-corrected chi connectivity index (χ1v) is 7.25. The molecule has 0 spiro atoms. The number of hydrogen-bond acceptors (Lipinski definition) is 4. The summed E-state index contributed by atoms with van der Waals surface area (Å²) in [6, 6.07) is 6.60. The largest absolute Gasteiger partial charge is 0.491 e. The Morgan fingerprint density at radius 3 is 2.10 bits per heavy atom. The van der Waals surface area contributed by atoms with E-state index in [2.05, 4.69) is 0 Å². The zero-order chi connectivity index (χ0) is 15.6. The van der Waals surface area contributed by atoms with Crippen molar-refractivity contribution < 1.29 is 19.1 Å². The number of hydrogen-bond donors (Lipinski definition) is 0. The first kappa shape index (κ1) is 15.4. The molecule has 112 valence electrons. The van der Waals surface area contributed by atoms with Crippen LogP contribution in [-0.4, -0.2) is 23.5 Å². The van der Waals surface area contributed by atoms with Gasteiger partial charge in [-0.2, -0.15) is 0 Å². The number of benzene rings is 1. The molecule has 0 heterocycles. The fourth-order valence-corrected chi connectivity index (χ4v) is 2.60. The molecule has 0 bridgehead atoms. The lowest BCUT2D eigenvalue weighted by molar-refractivity contribution is -0.134. The van der Waals surface area contributed by atoms with Crippen molar-refractivity contribution >= 4 is 17.3 Å². The summed E-state index contributed by atoms with van der Waals surface area (Å²) in [4.78, 5) is 36.3. The van der Waals surface area contributed by atoms with Crippen molar-refractivity contribution in [3.63, 3.8) is 0 Å². The van der Waals surface area contributed by atoms with Gasteiger partial charge < -0.3 is 4.74 Å². The van der Waals surface area contributed by atoms with Crippen molar-refractivity contribution in [2.24, 2.45) is 11.8 Å². The highest BCUT2D eigenvalue weighted by Crippen LogP contribution is 2.26. The van der Waals surface area contributed by atoms with E-state index in [1.54, 1.807) is 24.3 Å². The van der Waals surface area contributed by atoms with E-state index in [9.17, 15) is 14.4 Å². The van der Waals surface area contributed by atoms with Crippen LogP contribution in [0.15, 0.2) is 24.3 Å². The zero-order valence-electron chi connectivity index (χ0n) is 12.6. The summed E-state index contributed by atoms with van der Waals surface area (Å²) in [5, 5.41) is 0. The maximum absolute atomic E-state index is 12.4. The molecular formula is C17H20O4. The summed E-state index contributed by atoms with van der Waals surface area (Å²) >= 11 is 0. The van der Waals surface area contributed by atoms with E-state index in [0.29, 0.717) is 24.2 Å². The zero-order valence-corrected chi connectivity index (χ0v) is 12.6. The number of rotatable bonds is 4. The summed E-state index contributed by atoms with van der Waals surface area (Å²) in [6.45, 7) is 5.69. The second-order valence-corrected chi connectivity index (χ2v) is 5.93. The van der Waals surface area contributed by atoms with Crippen LogP contribution < -0.4 is 4.74 Å². The molecular weight excluding hydrogens is 268 g/mol. The number of ketones is 3. The van der Waals surface area contributed by atoms with Gasteiger partial charge in [-0.05, 0) is 44.0 Å². The van der Waals surface area contributed by atoms with Gasteiger partial charge in [0.15, 0.2) is 17.3 Å². The number of Topliss-reactive ketones (excluding diaryl/α,β-unsaturated/α-hetero) is 3. The lowest BCUT2D eigenvalue weighted by Gasteiger charge is -2.22. The van der Waals surface area contributed by atoms with Crippen LogP contribution in [-0.2, 0) is 9.59 Å². The van der Waals surface area contributed by atoms with Crippen LogP contribution in [0.3, 0.4) is 0 Å². The fourth-order valence-electron chi connectivity index (χ4n) is 2.60. The van der Waals surface area contributed by atoms with Crippen molar-refractivity contribution in [2.45, 2.75) is 39.7 Å². The summed E-state index contributed by atoms with van der Waals surface area (Å²) in [7, 11) is 0. The highest BCUT2D eigenvalue weighted by molar-refractivity contribution is 6.25. The monoisotopic (exact) mass is 288 g/mol. The van der Waals surface area contributed by atoms with Gasteiger partial charge in [-0.3, -0.25) is 14.4 Å². The molecule has 0 radical (unpaired) electrons.